The smallest absolute Gasteiger partial charge is 0.303 e. The van der Waals surface area contributed by atoms with Gasteiger partial charge in [0.05, 0.1) is 18.0 Å². The predicted molar refractivity (Wildman–Crippen MR) is 133 cm³/mol. The van der Waals surface area contributed by atoms with Gasteiger partial charge in [0, 0.05) is 20.8 Å². The summed E-state index contributed by atoms with van der Waals surface area (Å²) < 4.78 is 23.4. The summed E-state index contributed by atoms with van der Waals surface area (Å²) in [6.07, 6.45) is -4.11. The molecule has 4 atom stereocenters. The molecule has 1 N–H and O–H groups in total. The minimum Gasteiger partial charge on any atom is -0.456 e. The average molecular weight is 564 g/mol. The largest absolute Gasteiger partial charge is 0.456 e. The maximum atomic E-state index is 11.8. The van der Waals surface area contributed by atoms with Crippen LogP contribution in [-0.4, -0.2) is 79.5 Å². The van der Waals surface area contributed by atoms with Crippen LogP contribution in [0.15, 0.2) is 29.4 Å². The quantitative estimate of drug-likeness (QED) is 0.226. The van der Waals surface area contributed by atoms with Crippen LogP contribution in [0.5, 0.6) is 0 Å². The van der Waals surface area contributed by atoms with Crippen molar-refractivity contribution in [2.45, 2.75) is 63.1 Å². The highest BCUT2D eigenvalue weighted by Crippen LogP contribution is 2.29. The van der Waals surface area contributed by atoms with Crippen LogP contribution in [0.2, 0.25) is 0 Å². The van der Waals surface area contributed by atoms with Crippen LogP contribution in [0.1, 0.15) is 31.3 Å². The molecule has 0 amide bonds. The highest BCUT2D eigenvalue weighted by Gasteiger charge is 2.47. The maximum Gasteiger partial charge on any atom is 0.303 e. The van der Waals surface area contributed by atoms with Gasteiger partial charge in [-0.2, -0.15) is 4.68 Å². The lowest BCUT2D eigenvalue weighted by molar-refractivity contribution is -0.221. The number of carbonyl (C=O) groups is 3. The van der Waals surface area contributed by atoms with E-state index in [1.54, 1.807) is 4.68 Å². The molecule has 1 aliphatic heterocycles. The molecule has 202 valence electrons. The Kier molecular flexibility index (Phi) is 8.85. The van der Waals surface area contributed by atoms with Gasteiger partial charge in [-0.25, -0.2) is 0 Å². The Balaban J connectivity index is 1.44. The zero-order chi connectivity index (χ0) is 27.2. The lowest BCUT2D eigenvalue weighted by atomic mass is 10.0. The van der Waals surface area contributed by atoms with Gasteiger partial charge < -0.3 is 24.3 Å². The van der Waals surface area contributed by atoms with Crippen LogP contribution in [0.25, 0.3) is 5.69 Å². The van der Waals surface area contributed by atoms with Crippen LogP contribution >= 0.6 is 23.1 Å². The summed E-state index contributed by atoms with van der Waals surface area (Å²) in [5.74, 6) is -1.42. The summed E-state index contributed by atoms with van der Waals surface area (Å²) in [6, 6.07) is 7.82. The number of anilines is 1. The van der Waals surface area contributed by atoms with Crippen molar-refractivity contribution < 1.29 is 33.3 Å². The van der Waals surface area contributed by atoms with E-state index in [2.05, 4.69) is 31.0 Å². The molecule has 4 rings (SSSR count). The molecule has 16 heteroatoms. The SMILES string of the molecule is CC(=O)O[C@@H]1[C@@H](OC(C)=O)[C@H](OC(C)=O)CO[C@H]1Nc1nnc(CSc2nnnn2-c2ccc(C)cc2)s1. The minimum atomic E-state index is -1.12. The van der Waals surface area contributed by atoms with Crippen LogP contribution in [0.4, 0.5) is 5.13 Å². The molecule has 38 heavy (non-hydrogen) atoms. The molecule has 0 bridgehead atoms. The zero-order valence-corrected chi connectivity index (χ0v) is 22.5. The Morgan fingerprint density at radius 1 is 1.03 bits per heavy atom. The lowest BCUT2D eigenvalue weighted by Crippen LogP contribution is -2.59. The number of carbonyl (C=O) groups excluding carboxylic acids is 3. The number of rotatable bonds is 9. The molecule has 1 aliphatic rings. The molecular weight excluding hydrogens is 538 g/mol. The van der Waals surface area contributed by atoms with Crippen LogP contribution in [0.3, 0.4) is 0 Å². The van der Waals surface area contributed by atoms with E-state index in [0.29, 0.717) is 21.0 Å². The second-order valence-electron chi connectivity index (χ2n) is 8.19. The monoisotopic (exact) mass is 563 g/mol. The third-order valence-electron chi connectivity index (χ3n) is 5.13. The Morgan fingerprint density at radius 2 is 1.71 bits per heavy atom. The van der Waals surface area contributed by atoms with Crippen molar-refractivity contribution >= 4 is 46.1 Å². The van der Waals surface area contributed by atoms with E-state index >= 15 is 0 Å². The summed E-state index contributed by atoms with van der Waals surface area (Å²) in [4.78, 5) is 35.1. The lowest BCUT2D eigenvalue weighted by Gasteiger charge is -2.40. The zero-order valence-electron chi connectivity index (χ0n) is 20.9. The number of esters is 3. The van der Waals surface area contributed by atoms with E-state index in [0.717, 1.165) is 11.3 Å². The molecule has 14 nitrogen and oxygen atoms in total. The van der Waals surface area contributed by atoms with Gasteiger partial charge >= 0.3 is 17.9 Å². The third-order valence-corrected chi connectivity index (χ3v) is 7.09. The molecule has 1 fully saturated rings. The topological polar surface area (TPSA) is 170 Å². The van der Waals surface area contributed by atoms with E-state index in [4.69, 9.17) is 18.9 Å². The molecule has 3 heterocycles. The highest BCUT2D eigenvalue weighted by molar-refractivity contribution is 7.98. The maximum absolute atomic E-state index is 11.8. The second-order valence-corrected chi connectivity index (χ2v) is 10.2. The number of aryl methyl sites for hydroxylation is 1. The van der Waals surface area contributed by atoms with Crippen molar-refractivity contribution in [2.75, 3.05) is 11.9 Å². The van der Waals surface area contributed by atoms with Gasteiger partial charge in [-0.3, -0.25) is 14.4 Å². The molecular formula is C22H25N7O7S2. The summed E-state index contributed by atoms with van der Waals surface area (Å²) in [6.45, 7) is 5.53. The number of thioether (sulfide) groups is 1. The van der Waals surface area contributed by atoms with Crippen molar-refractivity contribution in [3.05, 3.63) is 34.8 Å². The molecule has 0 aliphatic carbocycles. The fourth-order valence-corrected chi connectivity index (χ4v) is 5.24. The summed E-state index contributed by atoms with van der Waals surface area (Å²) in [5.41, 5.74) is 1.96. The van der Waals surface area contributed by atoms with Crippen molar-refractivity contribution in [2.24, 2.45) is 0 Å². The number of nitrogens with one attached hydrogen (secondary N) is 1. The summed E-state index contributed by atoms with van der Waals surface area (Å²) >= 11 is 2.64. The number of tetrazole rings is 1. The van der Waals surface area contributed by atoms with Crippen LogP contribution in [0, 0.1) is 6.92 Å². The molecule has 1 aromatic carbocycles. The van der Waals surface area contributed by atoms with Gasteiger partial charge in [0.15, 0.2) is 24.5 Å². The van der Waals surface area contributed by atoms with Crippen LogP contribution < -0.4 is 5.32 Å². The number of benzene rings is 1. The Bertz CT molecular complexity index is 1280. The minimum absolute atomic E-state index is 0.101. The van der Waals surface area contributed by atoms with Gasteiger partial charge in [0.1, 0.15) is 5.01 Å². The van der Waals surface area contributed by atoms with Gasteiger partial charge in [0.2, 0.25) is 10.3 Å². The summed E-state index contributed by atoms with van der Waals surface area (Å²) in [5, 5.41) is 24.9. The first-order valence-corrected chi connectivity index (χ1v) is 13.2. The van der Waals surface area contributed by atoms with E-state index in [-0.39, 0.29) is 6.61 Å². The summed E-state index contributed by atoms with van der Waals surface area (Å²) in [7, 11) is 0. The number of nitrogens with zero attached hydrogens (tertiary/aromatic N) is 6. The Hall–Kier alpha value is -3.63. The first kappa shape index (κ1) is 27.4. The molecule has 3 aromatic rings. The van der Waals surface area contributed by atoms with E-state index in [9.17, 15) is 14.4 Å². The van der Waals surface area contributed by atoms with E-state index in [1.807, 2.05) is 31.2 Å². The number of hydrogen-bond donors (Lipinski definition) is 1. The van der Waals surface area contributed by atoms with Crippen molar-refractivity contribution in [3.63, 3.8) is 0 Å². The molecule has 0 saturated carbocycles. The predicted octanol–water partition coefficient (Wildman–Crippen LogP) is 1.68. The van der Waals surface area contributed by atoms with E-state index in [1.165, 1.54) is 43.9 Å². The Labute approximate surface area is 225 Å². The number of aromatic nitrogens is 6. The van der Waals surface area contributed by atoms with Gasteiger partial charge in [0.25, 0.3) is 0 Å². The highest BCUT2D eigenvalue weighted by atomic mass is 32.2. The molecule has 0 unspecified atom stereocenters. The Morgan fingerprint density at radius 3 is 2.39 bits per heavy atom. The normalized spacial score (nSPS) is 20.9. The second kappa shape index (κ2) is 12.3. The van der Waals surface area contributed by atoms with Crippen LogP contribution in [-0.2, 0) is 39.1 Å². The van der Waals surface area contributed by atoms with Crippen molar-refractivity contribution in [1.29, 1.82) is 0 Å². The fourth-order valence-electron chi connectivity index (χ4n) is 3.60. The number of hydrogen-bond acceptors (Lipinski definition) is 15. The third kappa shape index (κ3) is 7.02. The molecule has 0 spiro atoms. The molecule has 2 aromatic heterocycles. The van der Waals surface area contributed by atoms with Gasteiger partial charge in [-0.05, 0) is 29.5 Å². The van der Waals surface area contributed by atoms with E-state index < -0.39 is 42.4 Å². The first-order chi connectivity index (χ1) is 18.2. The molecule has 1 saturated heterocycles. The first-order valence-electron chi connectivity index (χ1n) is 11.4. The number of ether oxygens (including phenoxy) is 4. The fraction of sp³-hybridized carbons (Fsp3) is 0.455. The average Bonchev–Trinajstić information content (AvgIpc) is 3.50. The van der Waals surface area contributed by atoms with Gasteiger partial charge in [-0.1, -0.05) is 40.8 Å². The van der Waals surface area contributed by atoms with Crippen molar-refractivity contribution in [3.8, 4) is 5.69 Å². The standard InChI is InChI=1S/C22H25N7O7S2/c1-11-5-7-15(8-6-11)29-22(26-27-28-29)37-10-17-24-25-21(38-17)23-20-19(36-14(4)32)18(35-13(3)31)16(9-33-20)34-12(2)30/h5-8,16,18-20H,9-10H2,1-4H3,(H,23,25)/t16-,18+,19-,20-/m1/s1. The van der Waals surface area contributed by atoms with Crippen molar-refractivity contribution in [1.82, 2.24) is 30.4 Å². The van der Waals surface area contributed by atoms with Gasteiger partial charge in [-0.15, -0.1) is 15.3 Å². The molecule has 0 radical (unpaired) electrons.